The third kappa shape index (κ3) is 9.49. The molecule has 0 aromatic heterocycles. The van der Waals surface area contributed by atoms with Gasteiger partial charge >= 0.3 is 5.97 Å². The largest absolute Gasteiger partial charge is 0.493 e. The number of hydrogen-bond donors (Lipinski definition) is 0. The lowest BCUT2D eigenvalue weighted by Gasteiger charge is -2.26. The van der Waals surface area contributed by atoms with Crippen molar-refractivity contribution in [1.82, 2.24) is 0 Å². The second kappa shape index (κ2) is 9.23. The van der Waals surface area contributed by atoms with Crippen LogP contribution in [0.1, 0.15) is 71.7 Å². The first-order valence-electron chi connectivity index (χ1n) is 9.09. The molecule has 0 aliphatic heterocycles. The third-order valence-electron chi connectivity index (χ3n) is 3.65. The first-order chi connectivity index (χ1) is 11.5. The molecule has 0 amide bonds. The van der Waals surface area contributed by atoms with Gasteiger partial charge in [0.1, 0.15) is 11.4 Å². The van der Waals surface area contributed by atoms with E-state index in [2.05, 4.69) is 27.7 Å². The van der Waals surface area contributed by atoms with Crippen LogP contribution in [0.25, 0.3) is 0 Å². The van der Waals surface area contributed by atoms with Gasteiger partial charge in [0, 0.05) is 13.0 Å². The van der Waals surface area contributed by atoms with Gasteiger partial charge in [-0.05, 0) is 71.2 Å². The molecular weight excluding hydrogens is 316 g/mol. The van der Waals surface area contributed by atoms with Crippen molar-refractivity contribution in [2.24, 2.45) is 5.92 Å². The predicted octanol–water partition coefficient (Wildman–Crippen LogP) is 5.25. The van der Waals surface area contributed by atoms with Crippen molar-refractivity contribution in [3.63, 3.8) is 0 Å². The molecule has 0 saturated heterocycles. The highest BCUT2D eigenvalue weighted by Gasteiger charge is 2.19. The Labute approximate surface area is 152 Å². The highest BCUT2D eigenvalue weighted by molar-refractivity contribution is 5.89. The number of benzene rings is 1. The Hall–Kier alpha value is -1.55. The molecule has 0 spiro atoms. The van der Waals surface area contributed by atoms with Crippen LogP contribution >= 0.6 is 0 Å². The number of hydrogen-bond acceptors (Lipinski definition) is 4. The minimum atomic E-state index is -0.493. The molecule has 0 fully saturated rings. The fourth-order valence-electron chi connectivity index (χ4n) is 2.08. The second-order valence-corrected chi connectivity index (χ2v) is 8.42. The van der Waals surface area contributed by atoms with Gasteiger partial charge in [-0.15, -0.1) is 0 Å². The lowest BCUT2D eigenvalue weighted by atomic mass is 10.1. The predicted molar refractivity (Wildman–Crippen MR) is 101 cm³/mol. The molecule has 1 aromatic rings. The number of esters is 1. The highest BCUT2D eigenvalue weighted by atomic mass is 16.6. The lowest BCUT2D eigenvalue weighted by molar-refractivity contribution is -0.0346. The summed E-state index contributed by atoms with van der Waals surface area (Å²) in [4.78, 5) is 12.0. The monoisotopic (exact) mass is 350 g/mol. The van der Waals surface area contributed by atoms with Gasteiger partial charge in [0.25, 0.3) is 0 Å². The third-order valence-corrected chi connectivity index (χ3v) is 3.65. The van der Waals surface area contributed by atoms with Crippen LogP contribution in [0.15, 0.2) is 24.3 Å². The van der Waals surface area contributed by atoms with Gasteiger partial charge in [0.05, 0.1) is 17.8 Å². The molecule has 0 aliphatic carbocycles. The van der Waals surface area contributed by atoms with E-state index in [0.717, 1.165) is 25.2 Å². The Bertz CT molecular complexity index is 524. The zero-order chi connectivity index (χ0) is 19.1. The summed E-state index contributed by atoms with van der Waals surface area (Å²) in [5, 5.41) is 0. The minimum absolute atomic E-state index is 0.203. The van der Waals surface area contributed by atoms with Gasteiger partial charge in [-0.25, -0.2) is 4.79 Å². The fourth-order valence-corrected chi connectivity index (χ4v) is 2.08. The zero-order valence-corrected chi connectivity index (χ0v) is 16.8. The maximum absolute atomic E-state index is 12.0. The number of carbonyl (C=O) groups excluding carboxylic acids is 1. The van der Waals surface area contributed by atoms with Crippen molar-refractivity contribution >= 4 is 5.97 Å². The molecule has 4 heteroatoms. The van der Waals surface area contributed by atoms with Crippen LogP contribution in [0, 0.1) is 5.92 Å². The van der Waals surface area contributed by atoms with Crippen LogP contribution in [0.2, 0.25) is 0 Å². The summed E-state index contributed by atoms with van der Waals surface area (Å²) in [5.41, 5.74) is -0.168. The Morgan fingerprint density at radius 1 is 1.00 bits per heavy atom. The first kappa shape index (κ1) is 21.5. The average molecular weight is 350 g/mol. The summed E-state index contributed by atoms with van der Waals surface area (Å²) in [5.74, 6) is 1.07. The van der Waals surface area contributed by atoms with Crippen LogP contribution in [0.5, 0.6) is 5.75 Å². The summed E-state index contributed by atoms with van der Waals surface area (Å²) in [6.07, 6.45) is 1.87. The van der Waals surface area contributed by atoms with Crippen molar-refractivity contribution < 1.29 is 19.0 Å². The molecule has 1 rings (SSSR count). The SMILES string of the molecule is CC(C)CCOC(C)(C)CCOc1ccc(C(=O)OC(C)(C)C)cc1. The van der Waals surface area contributed by atoms with E-state index in [9.17, 15) is 4.79 Å². The van der Waals surface area contributed by atoms with E-state index in [1.54, 1.807) is 24.3 Å². The number of rotatable bonds is 9. The molecule has 0 atom stereocenters. The van der Waals surface area contributed by atoms with E-state index in [1.807, 2.05) is 20.8 Å². The standard InChI is InChI=1S/C21H34O4/c1-16(2)12-14-24-21(6,7)13-15-23-18-10-8-17(9-11-18)19(22)25-20(3,4)5/h8-11,16H,12-15H2,1-7H3. The quantitative estimate of drug-likeness (QED) is 0.570. The molecule has 0 saturated carbocycles. The molecule has 25 heavy (non-hydrogen) atoms. The Morgan fingerprint density at radius 3 is 2.12 bits per heavy atom. The number of ether oxygens (including phenoxy) is 3. The van der Waals surface area contributed by atoms with Crippen molar-refractivity contribution in [3.8, 4) is 5.75 Å². The molecule has 142 valence electrons. The van der Waals surface area contributed by atoms with Crippen molar-refractivity contribution in [2.45, 2.75) is 72.5 Å². The molecule has 0 heterocycles. The molecule has 0 bridgehead atoms. The molecule has 1 aromatic carbocycles. The van der Waals surface area contributed by atoms with Gasteiger partial charge in [-0.3, -0.25) is 0 Å². The summed E-state index contributed by atoms with van der Waals surface area (Å²) in [6.45, 7) is 15.5. The van der Waals surface area contributed by atoms with Gasteiger partial charge in [0.15, 0.2) is 0 Å². The van der Waals surface area contributed by atoms with Crippen LogP contribution in [0.4, 0.5) is 0 Å². The first-order valence-corrected chi connectivity index (χ1v) is 9.09. The Kier molecular flexibility index (Phi) is 7.94. The smallest absolute Gasteiger partial charge is 0.338 e. The zero-order valence-electron chi connectivity index (χ0n) is 16.8. The minimum Gasteiger partial charge on any atom is -0.493 e. The van der Waals surface area contributed by atoms with E-state index in [0.29, 0.717) is 18.1 Å². The number of carbonyl (C=O) groups is 1. The van der Waals surface area contributed by atoms with E-state index in [4.69, 9.17) is 14.2 Å². The average Bonchev–Trinajstić information content (AvgIpc) is 2.45. The maximum atomic E-state index is 12.0. The van der Waals surface area contributed by atoms with Crippen LogP contribution < -0.4 is 4.74 Å². The van der Waals surface area contributed by atoms with E-state index in [1.165, 1.54) is 0 Å². The maximum Gasteiger partial charge on any atom is 0.338 e. The van der Waals surface area contributed by atoms with E-state index < -0.39 is 5.60 Å². The van der Waals surface area contributed by atoms with Crippen LogP contribution in [-0.2, 0) is 9.47 Å². The molecule has 0 unspecified atom stereocenters. The van der Waals surface area contributed by atoms with Gasteiger partial charge in [-0.2, -0.15) is 0 Å². The fraction of sp³-hybridized carbons (Fsp3) is 0.667. The molecule has 4 nitrogen and oxygen atoms in total. The molecular formula is C21H34O4. The summed E-state index contributed by atoms with van der Waals surface area (Å²) in [7, 11) is 0. The molecule has 0 N–H and O–H groups in total. The van der Waals surface area contributed by atoms with Gasteiger partial charge in [-0.1, -0.05) is 13.8 Å². The topological polar surface area (TPSA) is 44.8 Å². The second-order valence-electron chi connectivity index (χ2n) is 8.42. The van der Waals surface area contributed by atoms with Crippen LogP contribution in [0.3, 0.4) is 0 Å². The van der Waals surface area contributed by atoms with Gasteiger partial charge < -0.3 is 14.2 Å². The van der Waals surface area contributed by atoms with E-state index >= 15 is 0 Å². The van der Waals surface area contributed by atoms with Gasteiger partial charge in [0.2, 0.25) is 0 Å². The summed E-state index contributed by atoms with van der Waals surface area (Å²) >= 11 is 0. The summed E-state index contributed by atoms with van der Waals surface area (Å²) < 4.78 is 17.1. The van der Waals surface area contributed by atoms with Crippen LogP contribution in [-0.4, -0.2) is 30.4 Å². The Balaban J connectivity index is 2.42. The molecule has 0 aliphatic rings. The lowest BCUT2D eigenvalue weighted by Crippen LogP contribution is -2.27. The highest BCUT2D eigenvalue weighted by Crippen LogP contribution is 2.19. The van der Waals surface area contributed by atoms with Crippen molar-refractivity contribution in [1.29, 1.82) is 0 Å². The molecule has 0 radical (unpaired) electrons. The normalized spacial score (nSPS) is 12.3. The van der Waals surface area contributed by atoms with Crippen molar-refractivity contribution in [3.05, 3.63) is 29.8 Å². The van der Waals surface area contributed by atoms with E-state index in [-0.39, 0.29) is 11.6 Å². The summed E-state index contributed by atoms with van der Waals surface area (Å²) in [6, 6.07) is 7.05. The Morgan fingerprint density at radius 2 is 1.60 bits per heavy atom. The van der Waals surface area contributed by atoms with Crippen molar-refractivity contribution in [2.75, 3.05) is 13.2 Å².